The van der Waals surface area contributed by atoms with Gasteiger partial charge in [0.2, 0.25) is 0 Å². The fraction of sp³-hybridized carbons (Fsp3) is 0.115. The topological polar surface area (TPSA) is 67.9 Å². The Morgan fingerprint density at radius 1 is 1.06 bits per heavy atom. The molecule has 0 aliphatic carbocycles. The number of benzene rings is 3. The molecule has 0 radical (unpaired) electrons. The third-order valence-corrected chi connectivity index (χ3v) is 6.31. The zero-order valence-corrected chi connectivity index (χ0v) is 20.2. The summed E-state index contributed by atoms with van der Waals surface area (Å²) in [5, 5.41) is 2.80. The average Bonchev–Trinajstić information content (AvgIpc) is 3.12. The lowest BCUT2D eigenvalue weighted by atomic mass is 10.1. The first-order chi connectivity index (χ1) is 16.5. The lowest BCUT2D eigenvalue weighted by molar-refractivity contribution is -0.118. The molecule has 1 aliphatic rings. The minimum Gasteiger partial charge on any atom is -0.493 e. The van der Waals surface area contributed by atoms with Crippen LogP contribution in [-0.2, 0) is 9.59 Å². The first kappa shape index (κ1) is 23.5. The number of anilines is 2. The summed E-state index contributed by atoms with van der Waals surface area (Å²) < 4.78 is 11.7. The molecule has 4 rings (SSSR count). The monoisotopic (exact) mass is 490 g/mol. The van der Waals surface area contributed by atoms with Crippen LogP contribution in [0.25, 0.3) is 6.08 Å². The summed E-state index contributed by atoms with van der Waals surface area (Å²) in [4.78, 5) is 27.5. The van der Waals surface area contributed by atoms with E-state index in [1.165, 1.54) is 23.8 Å². The predicted octanol–water partition coefficient (Wildman–Crippen LogP) is 5.43. The molecule has 34 heavy (non-hydrogen) atoms. The molecule has 0 spiro atoms. The van der Waals surface area contributed by atoms with E-state index in [0.29, 0.717) is 37.7 Å². The Morgan fingerprint density at radius 2 is 1.79 bits per heavy atom. The SMILES string of the molecule is COc1cccc(/C=C2/SC(=S)N(c3ccccc3)C2=O)c1OCC(=O)Nc1ccc(C)cc1. The molecule has 1 aliphatic heterocycles. The third-order valence-electron chi connectivity index (χ3n) is 5.01. The number of rotatable bonds is 7. The van der Waals surface area contributed by atoms with Crippen molar-refractivity contribution in [1.82, 2.24) is 0 Å². The first-order valence-electron chi connectivity index (χ1n) is 10.5. The number of carbonyl (C=O) groups is 2. The fourth-order valence-corrected chi connectivity index (χ4v) is 4.63. The van der Waals surface area contributed by atoms with Crippen LogP contribution in [0.15, 0.2) is 77.7 Å². The third kappa shape index (κ3) is 5.30. The van der Waals surface area contributed by atoms with Gasteiger partial charge in [0, 0.05) is 11.3 Å². The van der Waals surface area contributed by atoms with Gasteiger partial charge in [0.25, 0.3) is 11.8 Å². The number of nitrogens with zero attached hydrogens (tertiary/aromatic N) is 1. The van der Waals surface area contributed by atoms with E-state index < -0.39 is 0 Å². The largest absolute Gasteiger partial charge is 0.493 e. The summed E-state index contributed by atoms with van der Waals surface area (Å²) in [5.74, 6) is 0.299. The van der Waals surface area contributed by atoms with Crippen molar-refractivity contribution < 1.29 is 19.1 Å². The number of amides is 2. The van der Waals surface area contributed by atoms with Crippen molar-refractivity contribution in [3.8, 4) is 11.5 Å². The van der Waals surface area contributed by atoms with E-state index >= 15 is 0 Å². The molecule has 1 fully saturated rings. The van der Waals surface area contributed by atoms with Gasteiger partial charge in [-0.3, -0.25) is 14.5 Å². The molecule has 2 amide bonds. The Labute approximate surface area is 207 Å². The zero-order chi connectivity index (χ0) is 24.1. The maximum atomic E-state index is 13.1. The summed E-state index contributed by atoms with van der Waals surface area (Å²) >= 11 is 6.66. The Morgan fingerprint density at radius 3 is 2.50 bits per heavy atom. The van der Waals surface area contributed by atoms with Crippen LogP contribution in [0.5, 0.6) is 11.5 Å². The van der Waals surface area contributed by atoms with Crippen LogP contribution in [0.3, 0.4) is 0 Å². The van der Waals surface area contributed by atoms with Crippen molar-refractivity contribution in [3.05, 3.63) is 88.8 Å². The molecule has 1 saturated heterocycles. The maximum Gasteiger partial charge on any atom is 0.270 e. The standard InChI is InChI=1S/C26H22N2O4S2/c1-17-11-13-19(14-12-17)27-23(29)16-32-24-18(7-6-10-21(24)31-2)15-22-25(30)28(26(33)34-22)20-8-4-3-5-9-20/h3-15H,16H2,1-2H3,(H,27,29)/b22-15+. The molecule has 3 aromatic carbocycles. The first-order valence-corrected chi connectivity index (χ1v) is 11.7. The molecule has 3 aromatic rings. The van der Waals surface area contributed by atoms with Crippen molar-refractivity contribution in [1.29, 1.82) is 0 Å². The van der Waals surface area contributed by atoms with Crippen molar-refractivity contribution >= 4 is 57.6 Å². The number of methoxy groups -OCH3 is 1. The van der Waals surface area contributed by atoms with E-state index in [-0.39, 0.29) is 18.4 Å². The van der Waals surface area contributed by atoms with E-state index in [1.54, 1.807) is 24.3 Å². The lowest BCUT2D eigenvalue weighted by Gasteiger charge is -2.14. The molecule has 8 heteroatoms. The molecular formula is C26H22N2O4S2. The minimum absolute atomic E-state index is 0.216. The van der Waals surface area contributed by atoms with Crippen LogP contribution < -0.4 is 19.7 Å². The van der Waals surface area contributed by atoms with Gasteiger partial charge in [0.05, 0.1) is 17.7 Å². The molecule has 0 bridgehead atoms. The number of nitrogens with one attached hydrogen (secondary N) is 1. The van der Waals surface area contributed by atoms with Gasteiger partial charge in [-0.1, -0.05) is 72.0 Å². The van der Waals surface area contributed by atoms with E-state index in [0.717, 1.165) is 5.56 Å². The van der Waals surface area contributed by atoms with Crippen LogP contribution in [0, 0.1) is 6.92 Å². The molecule has 1 heterocycles. The Bertz CT molecular complexity index is 1260. The summed E-state index contributed by atoms with van der Waals surface area (Å²) in [6.45, 7) is 1.76. The molecule has 1 N–H and O–H groups in total. The molecule has 0 saturated carbocycles. The molecule has 172 valence electrons. The second-order valence-corrected chi connectivity index (χ2v) is 9.11. The average molecular weight is 491 g/mol. The highest BCUT2D eigenvalue weighted by Gasteiger charge is 2.33. The lowest BCUT2D eigenvalue weighted by Crippen LogP contribution is -2.27. The highest BCUT2D eigenvalue weighted by atomic mass is 32.2. The van der Waals surface area contributed by atoms with Gasteiger partial charge in [-0.2, -0.15) is 0 Å². The van der Waals surface area contributed by atoms with Gasteiger partial charge in [-0.05, 0) is 43.3 Å². The van der Waals surface area contributed by atoms with Gasteiger partial charge >= 0.3 is 0 Å². The number of thioether (sulfide) groups is 1. The summed E-state index contributed by atoms with van der Waals surface area (Å²) in [5.41, 5.74) is 3.11. The maximum absolute atomic E-state index is 13.1. The van der Waals surface area contributed by atoms with Crippen LogP contribution in [0.2, 0.25) is 0 Å². The van der Waals surface area contributed by atoms with Crippen LogP contribution >= 0.6 is 24.0 Å². The van der Waals surface area contributed by atoms with E-state index in [2.05, 4.69) is 5.32 Å². The minimum atomic E-state index is -0.309. The van der Waals surface area contributed by atoms with Crippen molar-refractivity contribution in [2.45, 2.75) is 6.92 Å². The normalized spacial score (nSPS) is 14.4. The quantitative estimate of drug-likeness (QED) is 0.352. The molecule has 0 atom stereocenters. The van der Waals surface area contributed by atoms with Crippen molar-refractivity contribution in [2.75, 3.05) is 23.9 Å². The fourth-order valence-electron chi connectivity index (χ4n) is 3.34. The highest BCUT2D eigenvalue weighted by Crippen LogP contribution is 2.39. The summed E-state index contributed by atoms with van der Waals surface area (Å²) in [6, 6.07) is 22.1. The predicted molar refractivity (Wildman–Crippen MR) is 140 cm³/mol. The van der Waals surface area contributed by atoms with Gasteiger partial charge in [-0.25, -0.2) is 0 Å². The second-order valence-electron chi connectivity index (χ2n) is 7.43. The molecular weight excluding hydrogens is 468 g/mol. The Balaban J connectivity index is 1.54. The van der Waals surface area contributed by atoms with Gasteiger partial charge < -0.3 is 14.8 Å². The smallest absolute Gasteiger partial charge is 0.270 e. The Hall–Kier alpha value is -3.62. The number of ether oxygens (including phenoxy) is 2. The second kappa shape index (κ2) is 10.5. The van der Waals surface area contributed by atoms with E-state index in [4.69, 9.17) is 21.7 Å². The number of hydrogen-bond acceptors (Lipinski definition) is 6. The zero-order valence-electron chi connectivity index (χ0n) is 18.6. The number of thiocarbonyl (C=S) groups is 1. The van der Waals surface area contributed by atoms with Gasteiger partial charge in [0.1, 0.15) is 0 Å². The Kier molecular flexibility index (Phi) is 7.30. The number of hydrogen-bond donors (Lipinski definition) is 1. The van der Waals surface area contributed by atoms with Gasteiger partial charge in [-0.15, -0.1) is 0 Å². The number of carbonyl (C=O) groups excluding carboxylic acids is 2. The molecule has 0 aromatic heterocycles. The van der Waals surface area contributed by atoms with Crippen LogP contribution in [0.4, 0.5) is 11.4 Å². The van der Waals surface area contributed by atoms with E-state index in [1.807, 2.05) is 61.5 Å². The summed E-state index contributed by atoms with van der Waals surface area (Å²) in [7, 11) is 1.52. The van der Waals surface area contributed by atoms with Crippen LogP contribution in [-0.4, -0.2) is 29.9 Å². The van der Waals surface area contributed by atoms with E-state index in [9.17, 15) is 9.59 Å². The number of aryl methyl sites for hydroxylation is 1. The van der Waals surface area contributed by atoms with Crippen molar-refractivity contribution in [3.63, 3.8) is 0 Å². The summed E-state index contributed by atoms with van der Waals surface area (Å²) in [6.07, 6.45) is 1.71. The molecule has 0 unspecified atom stereocenters. The van der Waals surface area contributed by atoms with Crippen molar-refractivity contribution in [2.24, 2.45) is 0 Å². The number of para-hydroxylation sites is 2. The van der Waals surface area contributed by atoms with Gasteiger partial charge in [0.15, 0.2) is 22.4 Å². The highest BCUT2D eigenvalue weighted by molar-refractivity contribution is 8.27. The molecule has 6 nitrogen and oxygen atoms in total. The van der Waals surface area contributed by atoms with Crippen LogP contribution in [0.1, 0.15) is 11.1 Å².